The van der Waals surface area contributed by atoms with Crippen LogP contribution in [0.3, 0.4) is 0 Å². The van der Waals surface area contributed by atoms with E-state index in [1.54, 1.807) is 6.08 Å². The molecular weight excluding hydrogens is 116 g/mol. The van der Waals surface area contributed by atoms with E-state index in [2.05, 4.69) is 6.58 Å². The van der Waals surface area contributed by atoms with Gasteiger partial charge in [-0.2, -0.15) is 0 Å². The maximum atomic E-state index is 8.93. The smallest absolute Gasteiger partial charge is 0.119 e. The van der Waals surface area contributed by atoms with Crippen LogP contribution in [0.25, 0.3) is 0 Å². The fraction of sp³-hybridized carbons (Fsp3) is 0.429. The molecule has 0 bridgehead atoms. The molecule has 50 valence electrons. The van der Waals surface area contributed by atoms with Crippen LogP contribution in [-0.4, -0.2) is 17.3 Å². The third-order valence-corrected chi connectivity index (χ3v) is 1.29. The molecule has 0 fully saturated rings. The van der Waals surface area contributed by atoms with Crippen LogP contribution in [0.2, 0.25) is 0 Å². The van der Waals surface area contributed by atoms with Gasteiger partial charge in [-0.1, -0.05) is 12.7 Å². The molecule has 9 heavy (non-hydrogen) atoms. The predicted octanol–water partition coefficient (Wildman–Crippen LogP) is 0.836. The SMILES string of the molecule is C=CO[C@H]1C=C[C@@H](O)C1. The summed E-state index contributed by atoms with van der Waals surface area (Å²) in [5.74, 6) is 0. The predicted molar refractivity (Wildman–Crippen MR) is 34.8 cm³/mol. The molecular formula is C7H10O2. The van der Waals surface area contributed by atoms with Crippen LogP contribution in [0.4, 0.5) is 0 Å². The minimum atomic E-state index is -0.324. The zero-order chi connectivity index (χ0) is 6.69. The zero-order valence-corrected chi connectivity index (χ0v) is 5.16. The average Bonchev–Trinajstić information content (AvgIpc) is 2.17. The van der Waals surface area contributed by atoms with E-state index < -0.39 is 0 Å². The Labute approximate surface area is 54.5 Å². The molecule has 0 unspecified atom stereocenters. The van der Waals surface area contributed by atoms with Gasteiger partial charge in [0, 0.05) is 6.42 Å². The molecule has 1 rings (SSSR count). The highest BCUT2D eigenvalue weighted by atomic mass is 16.5. The number of aliphatic hydroxyl groups is 1. The van der Waals surface area contributed by atoms with Crippen molar-refractivity contribution in [2.75, 3.05) is 0 Å². The molecule has 2 atom stereocenters. The lowest BCUT2D eigenvalue weighted by Crippen LogP contribution is -2.07. The van der Waals surface area contributed by atoms with Crippen molar-refractivity contribution in [3.05, 3.63) is 25.0 Å². The number of ether oxygens (including phenoxy) is 1. The van der Waals surface area contributed by atoms with Crippen molar-refractivity contribution in [3.8, 4) is 0 Å². The Bertz CT molecular complexity index is 129. The molecule has 0 spiro atoms. The first-order chi connectivity index (χ1) is 4.33. The first-order valence-corrected chi connectivity index (χ1v) is 2.95. The summed E-state index contributed by atoms with van der Waals surface area (Å²) in [4.78, 5) is 0. The third kappa shape index (κ3) is 1.57. The van der Waals surface area contributed by atoms with Crippen molar-refractivity contribution < 1.29 is 9.84 Å². The summed E-state index contributed by atoms with van der Waals surface area (Å²) < 4.78 is 4.99. The van der Waals surface area contributed by atoms with Crippen molar-refractivity contribution >= 4 is 0 Å². The Balaban J connectivity index is 2.31. The Morgan fingerprint density at radius 3 is 2.89 bits per heavy atom. The Kier molecular flexibility index (Phi) is 1.90. The van der Waals surface area contributed by atoms with Crippen LogP contribution in [0.15, 0.2) is 25.0 Å². The molecule has 0 saturated carbocycles. The van der Waals surface area contributed by atoms with Crippen LogP contribution in [0.1, 0.15) is 6.42 Å². The molecule has 1 N–H and O–H groups in total. The van der Waals surface area contributed by atoms with Gasteiger partial charge in [0.25, 0.3) is 0 Å². The van der Waals surface area contributed by atoms with Crippen molar-refractivity contribution in [1.82, 2.24) is 0 Å². The number of hydrogen-bond donors (Lipinski definition) is 1. The van der Waals surface area contributed by atoms with Crippen LogP contribution in [0.5, 0.6) is 0 Å². The zero-order valence-electron chi connectivity index (χ0n) is 5.16. The van der Waals surface area contributed by atoms with E-state index in [9.17, 15) is 0 Å². The van der Waals surface area contributed by atoms with Gasteiger partial charge in [0.05, 0.1) is 12.4 Å². The highest BCUT2D eigenvalue weighted by Crippen LogP contribution is 2.13. The third-order valence-electron chi connectivity index (χ3n) is 1.29. The summed E-state index contributed by atoms with van der Waals surface area (Å²) in [5.41, 5.74) is 0. The van der Waals surface area contributed by atoms with Gasteiger partial charge in [0.1, 0.15) is 6.10 Å². The lowest BCUT2D eigenvalue weighted by molar-refractivity contribution is 0.135. The molecule has 2 heteroatoms. The highest BCUT2D eigenvalue weighted by Gasteiger charge is 2.15. The second kappa shape index (κ2) is 2.69. The maximum Gasteiger partial charge on any atom is 0.119 e. The van der Waals surface area contributed by atoms with Crippen LogP contribution in [0, 0.1) is 0 Å². The van der Waals surface area contributed by atoms with Gasteiger partial charge >= 0.3 is 0 Å². The lowest BCUT2D eigenvalue weighted by atomic mass is 10.3. The Morgan fingerprint density at radius 2 is 2.44 bits per heavy atom. The van der Waals surface area contributed by atoms with Gasteiger partial charge in [-0.3, -0.25) is 0 Å². The van der Waals surface area contributed by atoms with E-state index in [0.717, 1.165) is 0 Å². The first-order valence-electron chi connectivity index (χ1n) is 2.95. The van der Waals surface area contributed by atoms with E-state index >= 15 is 0 Å². The van der Waals surface area contributed by atoms with Gasteiger partial charge in [-0.25, -0.2) is 0 Å². The maximum absolute atomic E-state index is 8.93. The molecule has 0 aromatic rings. The van der Waals surface area contributed by atoms with Gasteiger partial charge in [-0.15, -0.1) is 0 Å². The fourth-order valence-electron chi connectivity index (χ4n) is 0.872. The van der Waals surface area contributed by atoms with Crippen molar-refractivity contribution in [2.24, 2.45) is 0 Å². The summed E-state index contributed by atoms with van der Waals surface area (Å²) >= 11 is 0. The van der Waals surface area contributed by atoms with Gasteiger partial charge in [-0.05, 0) is 6.08 Å². The Morgan fingerprint density at radius 1 is 1.67 bits per heavy atom. The second-order valence-corrected chi connectivity index (χ2v) is 2.03. The Hall–Kier alpha value is -0.760. The highest BCUT2D eigenvalue weighted by molar-refractivity contribution is 5.04. The lowest BCUT2D eigenvalue weighted by Gasteiger charge is -2.06. The summed E-state index contributed by atoms with van der Waals surface area (Å²) in [6.45, 7) is 3.41. The molecule has 2 nitrogen and oxygen atoms in total. The molecule has 1 aliphatic carbocycles. The van der Waals surface area contributed by atoms with E-state index in [0.29, 0.717) is 6.42 Å². The van der Waals surface area contributed by atoms with Crippen LogP contribution < -0.4 is 0 Å². The molecule has 0 aromatic heterocycles. The van der Waals surface area contributed by atoms with E-state index in [1.807, 2.05) is 6.08 Å². The minimum absolute atomic E-state index is 0.0394. The quantitative estimate of drug-likeness (QED) is 0.438. The molecule has 0 aromatic carbocycles. The molecule has 1 aliphatic rings. The van der Waals surface area contributed by atoms with Crippen molar-refractivity contribution in [2.45, 2.75) is 18.6 Å². The minimum Gasteiger partial charge on any atom is -0.494 e. The van der Waals surface area contributed by atoms with Crippen molar-refractivity contribution in [3.63, 3.8) is 0 Å². The standard InChI is InChI=1S/C7H10O2/c1-2-9-7-4-3-6(8)5-7/h2-4,6-8H,1,5H2/t6-,7+/m1/s1. The second-order valence-electron chi connectivity index (χ2n) is 2.03. The van der Waals surface area contributed by atoms with E-state index in [1.165, 1.54) is 6.26 Å². The normalized spacial score (nSPS) is 32.6. The summed E-state index contributed by atoms with van der Waals surface area (Å²) in [6.07, 6.45) is 5.34. The molecule has 0 heterocycles. The average molecular weight is 126 g/mol. The molecule has 0 radical (unpaired) electrons. The monoisotopic (exact) mass is 126 g/mol. The van der Waals surface area contributed by atoms with E-state index in [4.69, 9.17) is 9.84 Å². The van der Waals surface area contributed by atoms with Gasteiger partial charge < -0.3 is 9.84 Å². The fourth-order valence-corrected chi connectivity index (χ4v) is 0.872. The first kappa shape index (κ1) is 6.36. The molecule has 0 saturated heterocycles. The number of aliphatic hydroxyl groups excluding tert-OH is 1. The van der Waals surface area contributed by atoms with E-state index in [-0.39, 0.29) is 12.2 Å². The number of rotatable bonds is 2. The van der Waals surface area contributed by atoms with Gasteiger partial charge in [0.2, 0.25) is 0 Å². The van der Waals surface area contributed by atoms with Crippen molar-refractivity contribution in [1.29, 1.82) is 0 Å². The summed E-state index contributed by atoms with van der Waals surface area (Å²) in [6, 6.07) is 0. The summed E-state index contributed by atoms with van der Waals surface area (Å²) in [5, 5.41) is 8.93. The van der Waals surface area contributed by atoms with Crippen LogP contribution in [-0.2, 0) is 4.74 Å². The summed E-state index contributed by atoms with van der Waals surface area (Å²) in [7, 11) is 0. The number of hydrogen-bond acceptors (Lipinski definition) is 2. The van der Waals surface area contributed by atoms with Crippen LogP contribution >= 0.6 is 0 Å². The topological polar surface area (TPSA) is 29.5 Å². The molecule has 0 amide bonds. The van der Waals surface area contributed by atoms with Gasteiger partial charge in [0.15, 0.2) is 0 Å². The molecule has 0 aliphatic heterocycles. The largest absolute Gasteiger partial charge is 0.494 e.